The zero-order valence-corrected chi connectivity index (χ0v) is 21.1. The number of carbonyl (C=O) groups is 1. The van der Waals surface area contributed by atoms with Gasteiger partial charge in [0.1, 0.15) is 17.7 Å². The molecule has 0 bridgehead atoms. The van der Waals surface area contributed by atoms with E-state index in [4.69, 9.17) is 9.47 Å². The van der Waals surface area contributed by atoms with Gasteiger partial charge in [0.05, 0.1) is 31.5 Å². The average molecular weight is 530 g/mol. The van der Waals surface area contributed by atoms with Crippen LogP contribution in [0.4, 0.5) is 19.0 Å². The summed E-state index contributed by atoms with van der Waals surface area (Å²) in [7, 11) is 3.04. The van der Waals surface area contributed by atoms with Gasteiger partial charge in [0.15, 0.2) is 11.5 Å². The van der Waals surface area contributed by atoms with Crippen LogP contribution in [0.25, 0.3) is 11.3 Å². The van der Waals surface area contributed by atoms with Gasteiger partial charge in [-0.15, -0.1) is 0 Å². The second-order valence-electron chi connectivity index (χ2n) is 9.52. The molecule has 3 atom stereocenters. The number of halogens is 3. The van der Waals surface area contributed by atoms with Crippen molar-refractivity contribution >= 4 is 11.7 Å². The third kappa shape index (κ3) is 5.15. The summed E-state index contributed by atoms with van der Waals surface area (Å²) in [6, 6.07) is 9.44. The predicted octanol–water partition coefficient (Wildman–Crippen LogP) is 4.55. The molecule has 1 saturated heterocycles. The summed E-state index contributed by atoms with van der Waals surface area (Å²) in [6.45, 7) is 1.55. The van der Waals surface area contributed by atoms with Crippen LogP contribution in [0.3, 0.4) is 0 Å². The van der Waals surface area contributed by atoms with Gasteiger partial charge in [-0.25, -0.2) is 17.9 Å². The van der Waals surface area contributed by atoms with E-state index in [1.807, 2.05) is 0 Å². The van der Waals surface area contributed by atoms with Gasteiger partial charge in [0, 0.05) is 24.2 Å². The first-order valence-corrected chi connectivity index (χ1v) is 12.6. The van der Waals surface area contributed by atoms with Gasteiger partial charge in [0.25, 0.3) is 12.3 Å². The molecule has 1 fully saturated rings. The Morgan fingerprint density at radius 1 is 1.13 bits per heavy atom. The number of ether oxygens (including phenoxy) is 2. The van der Waals surface area contributed by atoms with Gasteiger partial charge in [-0.2, -0.15) is 5.10 Å². The predicted molar refractivity (Wildman–Crippen MR) is 137 cm³/mol. The van der Waals surface area contributed by atoms with Crippen molar-refractivity contribution in [1.29, 1.82) is 0 Å². The number of anilines is 1. The number of aromatic nitrogens is 2. The molecule has 11 heteroatoms. The molecule has 0 saturated carbocycles. The van der Waals surface area contributed by atoms with E-state index in [1.54, 1.807) is 30.3 Å². The van der Waals surface area contributed by atoms with E-state index in [0.717, 1.165) is 24.9 Å². The van der Waals surface area contributed by atoms with E-state index in [1.165, 1.54) is 31.0 Å². The third-order valence-corrected chi connectivity index (χ3v) is 7.09. The van der Waals surface area contributed by atoms with Gasteiger partial charge in [0.2, 0.25) is 0 Å². The Morgan fingerprint density at radius 3 is 2.63 bits per heavy atom. The minimum atomic E-state index is -2.66. The Hall–Kier alpha value is -3.73. The van der Waals surface area contributed by atoms with Crippen molar-refractivity contribution in [2.45, 2.75) is 43.8 Å². The lowest BCUT2D eigenvalue weighted by molar-refractivity contribution is 0.0659. The molecule has 5 rings (SSSR count). The molecule has 3 aromatic rings. The monoisotopic (exact) mass is 529 g/mol. The third-order valence-electron chi connectivity index (χ3n) is 7.09. The van der Waals surface area contributed by atoms with Crippen molar-refractivity contribution in [3.05, 3.63) is 59.4 Å². The minimum absolute atomic E-state index is 0.0498. The van der Waals surface area contributed by atoms with Crippen LogP contribution in [-0.2, 0) is 0 Å². The minimum Gasteiger partial charge on any atom is -0.493 e. The number of piperidine rings is 1. The van der Waals surface area contributed by atoms with Crippen molar-refractivity contribution in [2.75, 3.05) is 32.6 Å². The molecule has 2 aliphatic heterocycles. The highest BCUT2D eigenvalue weighted by Crippen LogP contribution is 2.41. The Balaban J connectivity index is 1.39. The molecule has 0 aliphatic carbocycles. The Kier molecular flexibility index (Phi) is 7.46. The van der Waals surface area contributed by atoms with Gasteiger partial charge in [-0.3, -0.25) is 4.79 Å². The van der Waals surface area contributed by atoms with E-state index in [2.05, 4.69) is 21.0 Å². The maximum Gasteiger partial charge on any atom is 0.260 e. The van der Waals surface area contributed by atoms with Crippen molar-refractivity contribution in [3.63, 3.8) is 0 Å². The van der Waals surface area contributed by atoms with Crippen LogP contribution in [0.1, 0.15) is 47.3 Å². The van der Waals surface area contributed by atoms with Crippen LogP contribution in [0.5, 0.6) is 11.5 Å². The number of fused-ring (bicyclic) bond motifs is 1. The normalized spacial score (nSPS) is 20.9. The number of hydrogen-bond donors (Lipinski definition) is 3. The molecule has 2 aliphatic rings. The molecule has 2 aromatic carbocycles. The number of benzene rings is 2. The Bertz CT molecular complexity index is 1310. The highest BCUT2D eigenvalue weighted by Gasteiger charge is 2.35. The van der Waals surface area contributed by atoms with Crippen LogP contribution < -0.4 is 25.4 Å². The fourth-order valence-electron chi connectivity index (χ4n) is 5.07. The average Bonchev–Trinajstić information content (AvgIpc) is 3.36. The van der Waals surface area contributed by atoms with Crippen molar-refractivity contribution in [2.24, 2.45) is 0 Å². The summed E-state index contributed by atoms with van der Waals surface area (Å²) >= 11 is 0. The number of rotatable bonds is 7. The van der Waals surface area contributed by atoms with E-state index in [0.29, 0.717) is 35.1 Å². The molecule has 38 heavy (non-hydrogen) atoms. The molecule has 8 nitrogen and oxygen atoms in total. The number of amides is 1. The molecular formula is C27H30F3N5O3. The van der Waals surface area contributed by atoms with E-state index in [9.17, 15) is 18.0 Å². The molecular weight excluding hydrogens is 499 g/mol. The number of hydrogen-bond acceptors (Lipinski definition) is 6. The molecule has 202 valence electrons. The lowest BCUT2D eigenvalue weighted by Gasteiger charge is -2.32. The molecule has 0 spiro atoms. The molecule has 3 heterocycles. The second-order valence-corrected chi connectivity index (χ2v) is 9.52. The number of nitrogens with zero attached hydrogens (tertiary/aromatic N) is 2. The highest BCUT2D eigenvalue weighted by atomic mass is 19.3. The summed E-state index contributed by atoms with van der Waals surface area (Å²) in [5, 5.41) is 13.7. The van der Waals surface area contributed by atoms with Gasteiger partial charge in [-0.1, -0.05) is 12.1 Å². The standard InChI is InChI=1S/C27H30F3N5O3/c1-37-23-8-6-16(11-24(23)38-2)20-12-22(26(29)30)35-25(33-20)13-21(34-35)15-5-7-18(19(28)10-15)27(36)32-17-4-3-9-31-14-17/h5-8,10-11,13,17,20,22,26,31,33H,3-4,9,12,14H2,1-2H3,(H,32,36)/t17-,20?,22?/m1/s1. The van der Waals surface area contributed by atoms with E-state index < -0.39 is 30.2 Å². The van der Waals surface area contributed by atoms with Crippen molar-refractivity contribution < 1.29 is 27.4 Å². The van der Waals surface area contributed by atoms with Crippen molar-refractivity contribution in [1.82, 2.24) is 20.4 Å². The first-order chi connectivity index (χ1) is 18.4. The second kappa shape index (κ2) is 10.9. The number of methoxy groups -OCH3 is 2. The number of carbonyl (C=O) groups excluding carboxylic acids is 1. The van der Waals surface area contributed by atoms with Gasteiger partial charge in [-0.05, 0) is 55.6 Å². The van der Waals surface area contributed by atoms with E-state index in [-0.39, 0.29) is 18.0 Å². The molecule has 2 unspecified atom stereocenters. The Labute approximate surface area is 218 Å². The summed E-state index contributed by atoms with van der Waals surface area (Å²) in [6.07, 6.45) is -0.799. The molecule has 3 N–H and O–H groups in total. The van der Waals surface area contributed by atoms with Gasteiger partial charge >= 0.3 is 0 Å². The van der Waals surface area contributed by atoms with Crippen LogP contribution in [-0.4, -0.2) is 55.5 Å². The molecule has 1 aromatic heterocycles. The highest BCUT2D eigenvalue weighted by molar-refractivity contribution is 5.95. The fraction of sp³-hybridized carbons (Fsp3) is 0.407. The lowest BCUT2D eigenvalue weighted by atomic mass is 9.97. The molecule has 0 radical (unpaired) electrons. The number of alkyl halides is 2. The van der Waals surface area contributed by atoms with Crippen LogP contribution in [0.15, 0.2) is 42.5 Å². The number of nitrogens with one attached hydrogen (secondary N) is 3. The first kappa shape index (κ1) is 25.9. The lowest BCUT2D eigenvalue weighted by Crippen LogP contribution is -2.45. The zero-order chi connectivity index (χ0) is 26.8. The maximum atomic E-state index is 15.0. The fourth-order valence-corrected chi connectivity index (χ4v) is 5.07. The first-order valence-electron chi connectivity index (χ1n) is 12.6. The quantitative estimate of drug-likeness (QED) is 0.416. The Morgan fingerprint density at radius 2 is 1.95 bits per heavy atom. The summed E-state index contributed by atoms with van der Waals surface area (Å²) < 4.78 is 55.1. The van der Waals surface area contributed by atoms with Crippen LogP contribution in [0, 0.1) is 5.82 Å². The SMILES string of the molecule is COc1ccc(C2CC(C(F)F)n3nc(-c4ccc(C(=O)N[C@@H]5CCCNC5)c(F)c4)cc3N2)cc1OC. The molecule has 1 amide bonds. The summed E-state index contributed by atoms with van der Waals surface area (Å²) in [5.74, 6) is 0.252. The summed E-state index contributed by atoms with van der Waals surface area (Å²) in [4.78, 5) is 12.6. The van der Waals surface area contributed by atoms with Crippen molar-refractivity contribution in [3.8, 4) is 22.8 Å². The summed E-state index contributed by atoms with van der Waals surface area (Å²) in [5.41, 5.74) is 1.41. The van der Waals surface area contributed by atoms with Gasteiger partial charge < -0.3 is 25.4 Å². The maximum absolute atomic E-state index is 15.0. The largest absolute Gasteiger partial charge is 0.493 e. The van der Waals surface area contributed by atoms with E-state index >= 15 is 0 Å². The van der Waals surface area contributed by atoms with Crippen LogP contribution >= 0.6 is 0 Å². The smallest absolute Gasteiger partial charge is 0.260 e. The zero-order valence-electron chi connectivity index (χ0n) is 21.1. The topological polar surface area (TPSA) is 89.4 Å². The van der Waals surface area contributed by atoms with Crippen LogP contribution in [0.2, 0.25) is 0 Å².